The van der Waals surface area contributed by atoms with Gasteiger partial charge in [0.1, 0.15) is 5.60 Å². The van der Waals surface area contributed by atoms with Gasteiger partial charge in [0.2, 0.25) is 0 Å². The number of ether oxygens (including phenoxy) is 1. The molecule has 0 N–H and O–H groups in total. The van der Waals surface area contributed by atoms with Crippen molar-refractivity contribution in [2.45, 2.75) is 66.0 Å². The number of aliphatic imine (C=N–C) groups is 1. The van der Waals surface area contributed by atoms with E-state index in [1.807, 2.05) is 6.92 Å². The molecule has 2 nitrogen and oxygen atoms in total. The third kappa shape index (κ3) is 1.35. The van der Waals surface area contributed by atoms with Crippen LogP contribution in [0.5, 0.6) is 0 Å². The van der Waals surface area contributed by atoms with Crippen molar-refractivity contribution in [2.75, 3.05) is 0 Å². The summed E-state index contributed by atoms with van der Waals surface area (Å²) >= 11 is 0. The molecule has 1 aliphatic heterocycles. The fourth-order valence-electron chi connectivity index (χ4n) is 2.18. The van der Waals surface area contributed by atoms with Crippen LogP contribution in [0.4, 0.5) is 0 Å². The summed E-state index contributed by atoms with van der Waals surface area (Å²) < 4.78 is 5.84. The summed E-state index contributed by atoms with van der Waals surface area (Å²) in [6.45, 7) is 15.2. The van der Waals surface area contributed by atoms with Crippen LogP contribution in [0.3, 0.4) is 0 Å². The van der Waals surface area contributed by atoms with E-state index in [-0.39, 0.29) is 16.6 Å². The molecule has 1 atom stereocenters. The number of rotatable bonds is 1. The minimum Gasteiger partial charge on any atom is -0.475 e. The lowest BCUT2D eigenvalue weighted by atomic mass is 9.62. The summed E-state index contributed by atoms with van der Waals surface area (Å²) in [6.07, 6.45) is 1.05. The molecule has 0 aromatic heterocycles. The molecular formula is C12H23NO. The zero-order chi connectivity index (χ0) is 11.2. The maximum atomic E-state index is 5.84. The van der Waals surface area contributed by atoms with Gasteiger partial charge in [0.15, 0.2) is 5.90 Å². The van der Waals surface area contributed by atoms with E-state index < -0.39 is 0 Å². The minimum atomic E-state index is -0.149. The Bertz CT molecular complexity index is 265. The first-order chi connectivity index (χ1) is 6.16. The Morgan fingerprint density at radius 2 is 1.64 bits per heavy atom. The van der Waals surface area contributed by atoms with Gasteiger partial charge in [-0.25, -0.2) is 4.99 Å². The van der Waals surface area contributed by atoms with E-state index in [2.05, 4.69) is 46.5 Å². The van der Waals surface area contributed by atoms with Gasteiger partial charge in [-0.3, -0.25) is 0 Å². The number of hydrogen-bond donors (Lipinski definition) is 0. The molecule has 0 saturated carbocycles. The molecule has 0 bridgehead atoms. The average Bonchev–Trinajstić information content (AvgIpc) is 2.00. The highest BCUT2D eigenvalue weighted by molar-refractivity contribution is 5.75. The topological polar surface area (TPSA) is 21.6 Å². The zero-order valence-electron chi connectivity index (χ0n) is 10.6. The molecule has 1 heterocycles. The van der Waals surface area contributed by atoms with Gasteiger partial charge >= 0.3 is 0 Å². The van der Waals surface area contributed by atoms with Crippen molar-refractivity contribution in [3.63, 3.8) is 0 Å². The second kappa shape index (κ2) is 2.98. The van der Waals surface area contributed by atoms with Crippen LogP contribution >= 0.6 is 0 Å². The lowest BCUT2D eigenvalue weighted by Crippen LogP contribution is -2.58. The molecule has 0 aromatic rings. The SMILES string of the molecule is CCC1(C)N=C(C)OC(C)(C)C1(C)C. The van der Waals surface area contributed by atoms with Crippen molar-refractivity contribution in [1.82, 2.24) is 0 Å². The Labute approximate surface area is 87.8 Å². The van der Waals surface area contributed by atoms with E-state index in [4.69, 9.17) is 4.74 Å². The molecule has 82 valence electrons. The lowest BCUT2D eigenvalue weighted by Gasteiger charge is -2.54. The highest BCUT2D eigenvalue weighted by Crippen LogP contribution is 2.49. The van der Waals surface area contributed by atoms with Gasteiger partial charge < -0.3 is 4.74 Å². The fraction of sp³-hybridized carbons (Fsp3) is 0.917. The van der Waals surface area contributed by atoms with E-state index in [0.29, 0.717) is 0 Å². The number of nitrogens with zero attached hydrogens (tertiary/aromatic N) is 1. The van der Waals surface area contributed by atoms with Gasteiger partial charge in [0, 0.05) is 12.3 Å². The smallest absolute Gasteiger partial charge is 0.181 e. The highest BCUT2D eigenvalue weighted by atomic mass is 16.5. The lowest BCUT2D eigenvalue weighted by molar-refractivity contribution is -0.0834. The van der Waals surface area contributed by atoms with E-state index in [1.54, 1.807) is 0 Å². The normalized spacial score (nSPS) is 34.6. The van der Waals surface area contributed by atoms with Crippen LogP contribution in [-0.2, 0) is 4.74 Å². The van der Waals surface area contributed by atoms with Crippen molar-refractivity contribution in [3.8, 4) is 0 Å². The maximum absolute atomic E-state index is 5.84. The van der Waals surface area contributed by atoms with E-state index in [9.17, 15) is 0 Å². The summed E-state index contributed by atoms with van der Waals surface area (Å²) in [7, 11) is 0. The molecule has 1 rings (SSSR count). The Balaban J connectivity index is 3.25. The van der Waals surface area contributed by atoms with Crippen molar-refractivity contribution in [2.24, 2.45) is 10.4 Å². The van der Waals surface area contributed by atoms with Gasteiger partial charge in [-0.15, -0.1) is 0 Å². The Morgan fingerprint density at radius 3 is 2.07 bits per heavy atom. The molecule has 0 spiro atoms. The molecule has 2 heteroatoms. The standard InChI is InChI=1S/C12H23NO/c1-8-12(7)10(3,4)11(5,6)14-9(2)13-12/h8H2,1-7H3. The molecule has 0 fully saturated rings. The quantitative estimate of drug-likeness (QED) is 0.631. The van der Waals surface area contributed by atoms with Gasteiger partial charge in [0.05, 0.1) is 5.54 Å². The summed E-state index contributed by atoms with van der Waals surface area (Å²) in [5.74, 6) is 0.818. The second-order valence-electron chi connectivity index (χ2n) is 5.50. The summed E-state index contributed by atoms with van der Waals surface area (Å²) in [4.78, 5) is 4.68. The molecule has 0 aliphatic carbocycles. The van der Waals surface area contributed by atoms with Gasteiger partial charge in [0.25, 0.3) is 0 Å². The molecular weight excluding hydrogens is 174 g/mol. The first kappa shape index (κ1) is 11.5. The van der Waals surface area contributed by atoms with Crippen LogP contribution in [0.1, 0.15) is 54.9 Å². The van der Waals surface area contributed by atoms with Crippen molar-refractivity contribution < 1.29 is 4.74 Å². The Kier molecular flexibility index (Phi) is 2.46. The summed E-state index contributed by atoms with van der Waals surface area (Å²) in [6, 6.07) is 0. The Morgan fingerprint density at radius 1 is 1.14 bits per heavy atom. The maximum Gasteiger partial charge on any atom is 0.181 e. The molecule has 0 saturated heterocycles. The van der Waals surface area contributed by atoms with E-state index in [0.717, 1.165) is 12.3 Å². The number of hydrogen-bond acceptors (Lipinski definition) is 2. The largest absolute Gasteiger partial charge is 0.475 e. The summed E-state index contributed by atoms with van der Waals surface area (Å²) in [5.41, 5.74) is -0.114. The van der Waals surface area contributed by atoms with Crippen LogP contribution in [0.2, 0.25) is 0 Å². The van der Waals surface area contributed by atoms with Crippen molar-refractivity contribution >= 4 is 5.90 Å². The molecule has 0 amide bonds. The van der Waals surface area contributed by atoms with Crippen LogP contribution < -0.4 is 0 Å². The molecule has 0 aromatic carbocycles. The summed E-state index contributed by atoms with van der Waals surface area (Å²) in [5, 5.41) is 0. The third-order valence-electron chi connectivity index (χ3n) is 4.35. The molecule has 1 unspecified atom stereocenters. The monoisotopic (exact) mass is 197 g/mol. The molecule has 1 aliphatic rings. The second-order valence-corrected chi connectivity index (χ2v) is 5.50. The van der Waals surface area contributed by atoms with Crippen LogP contribution in [0.15, 0.2) is 4.99 Å². The van der Waals surface area contributed by atoms with Gasteiger partial charge in [-0.1, -0.05) is 20.8 Å². The third-order valence-corrected chi connectivity index (χ3v) is 4.35. The van der Waals surface area contributed by atoms with Crippen molar-refractivity contribution in [1.29, 1.82) is 0 Å². The van der Waals surface area contributed by atoms with Crippen LogP contribution in [0.25, 0.3) is 0 Å². The van der Waals surface area contributed by atoms with Crippen molar-refractivity contribution in [3.05, 3.63) is 0 Å². The Hall–Kier alpha value is -0.530. The predicted octanol–water partition coefficient (Wildman–Crippen LogP) is 3.41. The van der Waals surface area contributed by atoms with Gasteiger partial charge in [-0.2, -0.15) is 0 Å². The fourth-order valence-corrected chi connectivity index (χ4v) is 2.18. The average molecular weight is 197 g/mol. The van der Waals surface area contributed by atoms with Gasteiger partial charge in [-0.05, 0) is 27.2 Å². The van der Waals surface area contributed by atoms with E-state index in [1.165, 1.54) is 0 Å². The molecule has 0 radical (unpaired) electrons. The van der Waals surface area contributed by atoms with E-state index >= 15 is 0 Å². The zero-order valence-corrected chi connectivity index (χ0v) is 10.6. The minimum absolute atomic E-state index is 0.0150. The van der Waals surface area contributed by atoms with Crippen LogP contribution in [0, 0.1) is 5.41 Å². The predicted molar refractivity (Wildman–Crippen MR) is 60.8 cm³/mol. The first-order valence-corrected chi connectivity index (χ1v) is 5.42. The highest BCUT2D eigenvalue weighted by Gasteiger charge is 2.54. The molecule has 14 heavy (non-hydrogen) atoms. The van der Waals surface area contributed by atoms with Crippen LogP contribution in [-0.4, -0.2) is 17.0 Å². The first-order valence-electron chi connectivity index (χ1n) is 5.42.